The molecular formula is C11H12BrNO4. The van der Waals surface area contributed by atoms with Gasteiger partial charge in [-0.05, 0) is 18.2 Å². The number of esters is 1. The van der Waals surface area contributed by atoms with Crippen LogP contribution >= 0.6 is 15.9 Å². The largest absolute Gasteiger partial charge is 0.493 e. The van der Waals surface area contributed by atoms with E-state index in [4.69, 9.17) is 10.5 Å². The predicted molar refractivity (Wildman–Crippen MR) is 64.4 cm³/mol. The number of hydrogen-bond donors (Lipinski definition) is 1. The molecule has 1 amide bonds. The minimum absolute atomic E-state index is 0.0692. The Kier molecular flexibility index (Phi) is 5.48. The van der Waals surface area contributed by atoms with Crippen LogP contribution in [0, 0.1) is 0 Å². The molecular weight excluding hydrogens is 290 g/mol. The Balaban J connectivity index is 2.23. The van der Waals surface area contributed by atoms with Crippen LogP contribution in [0.25, 0.3) is 0 Å². The molecule has 0 aromatic heterocycles. The molecule has 17 heavy (non-hydrogen) atoms. The second kappa shape index (κ2) is 6.90. The van der Waals surface area contributed by atoms with Gasteiger partial charge >= 0.3 is 5.97 Å². The molecule has 1 aromatic rings. The fourth-order valence-electron chi connectivity index (χ4n) is 1.03. The van der Waals surface area contributed by atoms with E-state index in [9.17, 15) is 9.59 Å². The molecule has 2 N–H and O–H groups in total. The summed E-state index contributed by atoms with van der Waals surface area (Å²) in [5, 5.41) is 0. The van der Waals surface area contributed by atoms with Gasteiger partial charge in [0.1, 0.15) is 5.75 Å². The number of carbonyl (C=O) groups is 2. The van der Waals surface area contributed by atoms with E-state index in [-0.39, 0.29) is 13.0 Å². The fourth-order valence-corrected chi connectivity index (χ4v) is 1.41. The summed E-state index contributed by atoms with van der Waals surface area (Å²) in [6.45, 7) is -0.205. The van der Waals surface area contributed by atoms with Crippen molar-refractivity contribution >= 4 is 27.8 Å². The molecule has 1 rings (SSSR count). The Morgan fingerprint density at radius 1 is 1.35 bits per heavy atom. The van der Waals surface area contributed by atoms with Crippen molar-refractivity contribution in [1.29, 1.82) is 0 Å². The van der Waals surface area contributed by atoms with Crippen molar-refractivity contribution in [3.8, 4) is 5.75 Å². The van der Waals surface area contributed by atoms with Crippen LogP contribution in [0.15, 0.2) is 28.7 Å². The molecule has 0 aliphatic carbocycles. The van der Waals surface area contributed by atoms with Crippen molar-refractivity contribution in [3.63, 3.8) is 0 Å². The normalized spacial score (nSPS) is 9.71. The van der Waals surface area contributed by atoms with E-state index in [1.807, 2.05) is 12.1 Å². The fraction of sp³-hybridized carbons (Fsp3) is 0.273. The van der Waals surface area contributed by atoms with Crippen LogP contribution in [0.4, 0.5) is 0 Å². The number of primary amides is 1. The molecule has 0 bridgehead atoms. The van der Waals surface area contributed by atoms with Crippen LogP contribution in [0.5, 0.6) is 5.75 Å². The summed E-state index contributed by atoms with van der Waals surface area (Å²) >= 11 is 3.30. The summed E-state index contributed by atoms with van der Waals surface area (Å²) in [7, 11) is 0. The standard InChI is InChI=1S/C11H12BrNO4/c12-8-2-1-3-9(6-8)16-5-4-11(15)17-7-10(13)14/h1-3,6H,4-5,7H2,(H2,13,14). The number of carbonyl (C=O) groups excluding carboxylic acids is 2. The zero-order chi connectivity index (χ0) is 12.7. The van der Waals surface area contributed by atoms with Crippen molar-refractivity contribution in [3.05, 3.63) is 28.7 Å². The van der Waals surface area contributed by atoms with E-state index in [0.29, 0.717) is 5.75 Å². The van der Waals surface area contributed by atoms with Gasteiger partial charge in [-0.1, -0.05) is 22.0 Å². The molecule has 0 atom stereocenters. The average Bonchev–Trinajstić information content (AvgIpc) is 2.26. The van der Waals surface area contributed by atoms with Gasteiger partial charge in [0.2, 0.25) is 0 Å². The number of hydrogen-bond acceptors (Lipinski definition) is 4. The van der Waals surface area contributed by atoms with Gasteiger partial charge in [0.25, 0.3) is 5.91 Å². The quantitative estimate of drug-likeness (QED) is 0.802. The molecule has 0 fully saturated rings. The first kappa shape index (κ1) is 13.5. The van der Waals surface area contributed by atoms with Crippen molar-refractivity contribution in [2.75, 3.05) is 13.2 Å². The van der Waals surface area contributed by atoms with Crippen LogP contribution in [0.1, 0.15) is 6.42 Å². The number of benzene rings is 1. The van der Waals surface area contributed by atoms with Crippen molar-refractivity contribution in [2.24, 2.45) is 5.73 Å². The van der Waals surface area contributed by atoms with E-state index in [2.05, 4.69) is 20.7 Å². The molecule has 0 spiro atoms. The highest BCUT2D eigenvalue weighted by Gasteiger charge is 2.05. The molecule has 0 aliphatic rings. The summed E-state index contributed by atoms with van der Waals surface area (Å²) in [4.78, 5) is 21.4. The first-order valence-electron chi connectivity index (χ1n) is 4.90. The van der Waals surface area contributed by atoms with Crippen molar-refractivity contribution < 1.29 is 19.1 Å². The number of rotatable bonds is 6. The number of amides is 1. The SMILES string of the molecule is NC(=O)COC(=O)CCOc1cccc(Br)c1. The Morgan fingerprint density at radius 3 is 2.76 bits per heavy atom. The van der Waals surface area contributed by atoms with Crippen LogP contribution in [-0.4, -0.2) is 25.1 Å². The minimum Gasteiger partial charge on any atom is -0.493 e. The van der Waals surface area contributed by atoms with Crippen LogP contribution in [-0.2, 0) is 14.3 Å². The third-order valence-electron chi connectivity index (χ3n) is 1.75. The van der Waals surface area contributed by atoms with Crippen molar-refractivity contribution in [2.45, 2.75) is 6.42 Å². The Labute approximate surface area is 107 Å². The maximum absolute atomic E-state index is 11.1. The zero-order valence-corrected chi connectivity index (χ0v) is 10.6. The zero-order valence-electron chi connectivity index (χ0n) is 9.02. The van der Waals surface area contributed by atoms with Gasteiger partial charge in [0.05, 0.1) is 13.0 Å². The van der Waals surface area contributed by atoms with Gasteiger partial charge in [0, 0.05) is 4.47 Å². The molecule has 0 radical (unpaired) electrons. The van der Waals surface area contributed by atoms with Gasteiger partial charge in [-0.3, -0.25) is 9.59 Å². The molecule has 0 unspecified atom stereocenters. The topological polar surface area (TPSA) is 78.6 Å². The third-order valence-corrected chi connectivity index (χ3v) is 2.24. The maximum atomic E-state index is 11.1. The van der Waals surface area contributed by atoms with E-state index in [0.717, 1.165) is 4.47 Å². The van der Waals surface area contributed by atoms with Gasteiger partial charge in [-0.15, -0.1) is 0 Å². The Bertz CT molecular complexity index is 408. The molecule has 5 nitrogen and oxygen atoms in total. The first-order valence-corrected chi connectivity index (χ1v) is 5.69. The first-order chi connectivity index (χ1) is 8.08. The van der Waals surface area contributed by atoms with E-state index in [1.54, 1.807) is 12.1 Å². The third kappa shape index (κ3) is 5.91. The number of nitrogens with two attached hydrogens (primary N) is 1. The van der Waals surface area contributed by atoms with Gasteiger partial charge < -0.3 is 15.2 Å². The smallest absolute Gasteiger partial charge is 0.309 e. The second-order valence-corrected chi connectivity index (χ2v) is 4.10. The highest BCUT2D eigenvalue weighted by atomic mass is 79.9. The summed E-state index contributed by atoms with van der Waals surface area (Å²) in [6.07, 6.45) is 0.0692. The van der Waals surface area contributed by atoms with E-state index < -0.39 is 18.5 Å². The lowest BCUT2D eigenvalue weighted by molar-refractivity contribution is -0.148. The van der Waals surface area contributed by atoms with Crippen LogP contribution in [0.3, 0.4) is 0 Å². The lowest BCUT2D eigenvalue weighted by Gasteiger charge is -2.06. The monoisotopic (exact) mass is 301 g/mol. The van der Waals surface area contributed by atoms with Gasteiger partial charge in [0.15, 0.2) is 6.61 Å². The summed E-state index contributed by atoms with van der Waals surface area (Å²) in [6, 6.07) is 7.26. The summed E-state index contributed by atoms with van der Waals surface area (Å²) in [5.41, 5.74) is 4.82. The molecule has 0 saturated heterocycles. The van der Waals surface area contributed by atoms with E-state index in [1.165, 1.54) is 0 Å². The number of halogens is 1. The Hall–Kier alpha value is -1.56. The predicted octanol–water partition coefficient (Wildman–Crippen LogP) is 1.25. The summed E-state index contributed by atoms with van der Waals surface area (Å²) in [5.74, 6) is -0.535. The van der Waals surface area contributed by atoms with Crippen LogP contribution < -0.4 is 10.5 Å². The molecule has 0 heterocycles. The molecule has 0 aliphatic heterocycles. The average molecular weight is 302 g/mol. The second-order valence-electron chi connectivity index (χ2n) is 3.18. The molecule has 6 heteroatoms. The Morgan fingerprint density at radius 2 is 2.12 bits per heavy atom. The lowest BCUT2D eigenvalue weighted by atomic mass is 10.3. The lowest BCUT2D eigenvalue weighted by Crippen LogP contribution is -2.21. The molecule has 1 aromatic carbocycles. The highest BCUT2D eigenvalue weighted by Crippen LogP contribution is 2.17. The van der Waals surface area contributed by atoms with Crippen molar-refractivity contribution in [1.82, 2.24) is 0 Å². The van der Waals surface area contributed by atoms with E-state index >= 15 is 0 Å². The van der Waals surface area contributed by atoms with Crippen LogP contribution in [0.2, 0.25) is 0 Å². The minimum atomic E-state index is -0.675. The molecule has 92 valence electrons. The summed E-state index contributed by atoms with van der Waals surface area (Å²) < 4.78 is 10.8. The maximum Gasteiger partial charge on any atom is 0.309 e. The van der Waals surface area contributed by atoms with Gasteiger partial charge in [-0.2, -0.15) is 0 Å². The molecule has 0 saturated carbocycles. The highest BCUT2D eigenvalue weighted by molar-refractivity contribution is 9.10. The van der Waals surface area contributed by atoms with Gasteiger partial charge in [-0.25, -0.2) is 0 Å². The number of ether oxygens (including phenoxy) is 2.